The van der Waals surface area contributed by atoms with Gasteiger partial charge < -0.3 is 0 Å². The van der Waals surface area contributed by atoms with Gasteiger partial charge in [0.25, 0.3) is 0 Å². The monoisotopic (exact) mass is 210 g/mol. The minimum Gasteiger partial charge on any atom is -0.258 e. The molecule has 0 atom stereocenters. The van der Waals surface area contributed by atoms with Gasteiger partial charge in [-0.3, -0.25) is 20.2 Å². The third-order valence-corrected chi connectivity index (χ3v) is 2.48. The van der Waals surface area contributed by atoms with E-state index in [1.807, 2.05) is 0 Å². The van der Waals surface area contributed by atoms with E-state index in [4.69, 9.17) is 0 Å². The number of hydrogen-bond acceptors (Lipinski definition) is 4. The summed E-state index contributed by atoms with van der Waals surface area (Å²) in [4.78, 5) is 19.9. The van der Waals surface area contributed by atoms with Crippen LogP contribution in [0.1, 0.15) is 16.7 Å². The van der Waals surface area contributed by atoms with Crippen molar-refractivity contribution in [1.29, 1.82) is 0 Å². The van der Waals surface area contributed by atoms with E-state index >= 15 is 0 Å². The molecule has 0 radical (unpaired) electrons. The predicted molar refractivity (Wildman–Crippen MR) is 54.0 cm³/mol. The highest BCUT2D eigenvalue weighted by Gasteiger charge is 2.28. The molecule has 1 aromatic rings. The Morgan fingerprint density at radius 1 is 1.00 bits per heavy atom. The molecule has 0 aliphatic rings. The van der Waals surface area contributed by atoms with E-state index in [2.05, 4.69) is 0 Å². The molecule has 0 bridgehead atoms. The van der Waals surface area contributed by atoms with Crippen LogP contribution in [0.25, 0.3) is 0 Å². The summed E-state index contributed by atoms with van der Waals surface area (Å²) in [5, 5.41) is 21.4. The quantitative estimate of drug-likeness (QED) is 0.554. The highest BCUT2D eigenvalue weighted by atomic mass is 16.6. The number of rotatable bonds is 2. The number of hydrogen-bond donors (Lipinski definition) is 0. The van der Waals surface area contributed by atoms with Crippen LogP contribution in [0.15, 0.2) is 6.07 Å². The van der Waals surface area contributed by atoms with E-state index in [-0.39, 0.29) is 0 Å². The molecule has 6 heteroatoms. The van der Waals surface area contributed by atoms with Gasteiger partial charge in [-0.15, -0.1) is 0 Å². The molecule has 0 heterocycles. The molecule has 80 valence electrons. The summed E-state index contributed by atoms with van der Waals surface area (Å²) in [6, 6.07) is 1.24. The van der Waals surface area contributed by atoms with Gasteiger partial charge in [0.2, 0.25) is 0 Å². The van der Waals surface area contributed by atoms with Crippen molar-refractivity contribution in [2.24, 2.45) is 0 Å². The number of aryl methyl sites for hydroxylation is 1. The van der Waals surface area contributed by atoms with Crippen LogP contribution in [0.3, 0.4) is 0 Å². The molecule has 0 saturated carbocycles. The van der Waals surface area contributed by atoms with Crippen LogP contribution in [-0.2, 0) is 0 Å². The molecule has 15 heavy (non-hydrogen) atoms. The van der Waals surface area contributed by atoms with Gasteiger partial charge in [0.15, 0.2) is 0 Å². The van der Waals surface area contributed by atoms with Gasteiger partial charge in [0, 0.05) is 11.6 Å². The standard InChI is InChI=1S/C9H10N2O4/c1-5-4-8(10(12)13)9(11(14)15)7(3)6(5)2/h4H,1-3H3. The number of benzene rings is 1. The molecule has 0 aliphatic carbocycles. The first kappa shape index (κ1) is 11.1. The lowest BCUT2D eigenvalue weighted by Gasteiger charge is -2.05. The van der Waals surface area contributed by atoms with Crippen LogP contribution in [0.5, 0.6) is 0 Å². The summed E-state index contributed by atoms with van der Waals surface area (Å²) in [6.45, 7) is 4.92. The fourth-order valence-corrected chi connectivity index (χ4v) is 1.42. The van der Waals surface area contributed by atoms with Gasteiger partial charge in [0.05, 0.1) is 9.85 Å². The van der Waals surface area contributed by atoms with Crippen molar-refractivity contribution < 1.29 is 9.85 Å². The molecule has 0 aliphatic heterocycles. The Balaban J connectivity index is 3.65. The van der Waals surface area contributed by atoms with Crippen LogP contribution in [0.4, 0.5) is 11.4 Å². The lowest BCUT2D eigenvalue weighted by atomic mass is 10.0. The van der Waals surface area contributed by atoms with Crippen molar-refractivity contribution in [2.45, 2.75) is 20.8 Å². The summed E-state index contributed by atoms with van der Waals surface area (Å²) in [7, 11) is 0. The highest BCUT2D eigenvalue weighted by Crippen LogP contribution is 2.34. The van der Waals surface area contributed by atoms with E-state index in [0.29, 0.717) is 16.7 Å². The average molecular weight is 210 g/mol. The molecular formula is C9H10N2O4. The maximum Gasteiger partial charge on any atom is 0.349 e. The average Bonchev–Trinajstić information content (AvgIpc) is 2.12. The third kappa shape index (κ3) is 1.78. The summed E-state index contributed by atoms with van der Waals surface area (Å²) < 4.78 is 0. The maximum absolute atomic E-state index is 10.7. The molecular weight excluding hydrogens is 200 g/mol. The molecule has 0 aromatic heterocycles. The fourth-order valence-electron chi connectivity index (χ4n) is 1.42. The zero-order chi connectivity index (χ0) is 11.7. The summed E-state index contributed by atoms with van der Waals surface area (Å²) >= 11 is 0. The molecule has 1 aromatic carbocycles. The Hall–Kier alpha value is -1.98. The largest absolute Gasteiger partial charge is 0.349 e. The second kappa shape index (κ2) is 3.64. The smallest absolute Gasteiger partial charge is 0.258 e. The highest BCUT2D eigenvalue weighted by molar-refractivity contribution is 5.62. The summed E-state index contributed by atoms with van der Waals surface area (Å²) in [5.41, 5.74) is 0.896. The molecule has 0 amide bonds. The molecule has 0 saturated heterocycles. The van der Waals surface area contributed by atoms with Crippen molar-refractivity contribution >= 4 is 11.4 Å². The molecule has 6 nitrogen and oxygen atoms in total. The molecule has 1 rings (SSSR count). The Morgan fingerprint density at radius 2 is 1.53 bits per heavy atom. The summed E-state index contributed by atoms with van der Waals surface area (Å²) in [5.74, 6) is 0. The Morgan fingerprint density at radius 3 is 1.93 bits per heavy atom. The fraction of sp³-hybridized carbons (Fsp3) is 0.333. The van der Waals surface area contributed by atoms with Crippen molar-refractivity contribution in [3.8, 4) is 0 Å². The lowest BCUT2D eigenvalue weighted by Crippen LogP contribution is -2.02. The first-order valence-electron chi connectivity index (χ1n) is 4.25. The van der Waals surface area contributed by atoms with Crippen LogP contribution >= 0.6 is 0 Å². The normalized spacial score (nSPS) is 10.1. The van der Waals surface area contributed by atoms with E-state index in [9.17, 15) is 20.2 Å². The minimum atomic E-state index is -0.725. The SMILES string of the molecule is Cc1cc([N+](=O)[O-])c([N+](=O)[O-])c(C)c1C. The van der Waals surface area contributed by atoms with Crippen LogP contribution < -0.4 is 0 Å². The first-order chi connectivity index (χ1) is 6.86. The van der Waals surface area contributed by atoms with Crippen molar-refractivity contribution in [3.63, 3.8) is 0 Å². The van der Waals surface area contributed by atoms with E-state index in [1.54, 1.807) is 13.8 Å². The van der Waals surface area contributed by atoms with Gasteiger partial charge in [-0.05, 0) is 31.9 Å². The van der Waals surface area contributed by atoms with Crippen LogP contribution in [0, 0.1) is 41.0 Å². The van der Waals surface area contributed by atoms with E-state index in [1.165, 1.54) is 13.0 Å². The third-order valence-electron chi connectivity index (χ3n) is 2.48. The number of nitro benzene ring substituents is 2. The Bertz CT molecular complexity index is 454. The number of nitro groups is 2. The van der Waals surface area contributed by atoms with E-state index < -0.39 is 21.2 Å². The van der Waals surface area contributed by atoms with Crippen molar-refractivity contribution in [3.05, 3.63) is 43.0 Å². The van der Waals surface area contributed by atoms with E-state index in [0.717, 1.165) is 0 Å². The zero-order valence-electron chi connectivity index (χ0n) is 8.60. The summed E-state index contributed by atoms with van der Waals surface area (Å²) in [6.07, 6.45) is 0. The van der Waals surface area contributed by atoms with Crippen LogP contribution in [0.2, 0.25) is 0 Å². The maximum atomic E-state index is 10.7. The van der Waals surface area contributed by atoms with Gasteiger partial charge in [-0.1, -0.05) is 0 Å². The molecule has 0 N–H and O–H groups in total. The van der Waals surface area contributed by atoms with Crippen molar-refractivity contribution in [1.82, 2.24) is 0 Å². The molecule has 0 spiro atoms. The van der Waals surface area contributed by atoms with Gasteiger partial charge in [-0.25, -0.2) is 0 Å². The second-order valence-corrected chi connectivity index (χ2v) is 3.33. The Kier molecular flexibility index (Phi) is 2.69. The minimum absolute atomic E-state index is 0.353. The van der Waals surface area contributed by atoms with Gasteiger partial charge >= 0.3 is 11.4 Å². The first-order valence-corrected chi connectivity index (χ1v) is 4.25. The predicted octanol–water partition coefficient (Wildman–Crippen LogP) is 2.43. The zero-order valence-corrected chi connectivity index (χ0v) is 8.60. The number of nitrogens with zero attached hydrogens (tertiary/aromatic N) is 2. The van der Waals surface area contributed by atoms with Gasteiger partial charge in [-0.2, -0.15) is 0 Å². The molecule has 0 unspecified atom stereocenters. The topological polar surface area (TPSA) is 86.3 Å². The van der Waals surface area contributed by atoms with Crippen molar-refractivity contribution in [2.75, 3.05) is 0 Å². The molecule has 0 fully saturated rings. The van der Waals surface area contributed by atoms with Gasteiger partial charge in [0.1, 0.15) is 0 Å². The lowest BCUT2D eigenvalue weighted by molar-refractivity contribution is -0.422. The second-order valence-electron chi connectivity index (χ2n) is 3.33. The van der Waals surface area contributed by atoms with Crippen LogP contribution in [-0.4, -0.2) is 9.85 Å². The Labute approximate surface area is 85.8 Å².